The highest BCUT2D eigenvalue weighted by Gasteiger charge is 2.39. The van der Waals surface area contributed by atoms with Crippen LogP contribution in [0.1, 0.15) is 43.2 Å². The molecule has 1 aromatic rings. The summed E-state index contributed by atoms with van der Waals surface area (Å²) < 4.78 is 0. The van der Waals surface area contributed by atoms with Crippen LogP contribution in [0.4, 0.5) is 5.69 Å². The van der Waals surface area contributed by atoms with Gasteiger partial charge >= 0.3 is 0 Å². The second-order valence-corrected chi connectivity index (χ2v) is 8.76. The number of aryl methyl sites for hydroxylation is 1. The molecule has 3 aliphatic heterocycles. The molecule has 29 heavy (non-hydrogen) atoms. The molecule has 0 N–H and O–H groups in total. The number of carbonyl (C=O) groups is 3. The molecular formula is C23H31N3O3. The van der Waals surface area contributed by atoms with Gasteiger partial charge in [-0.25, -0.2) is 0 Å². The van der Waals surface area contributed by atoms with E-state index < -0.39 is 0 Å². The first-order valence-corrected chi connectivity index (χ1v) is 10.9. The summed E-state index contributed by atoms with van der Waals surface area (Å²) in [6, 6.07) is 5.96. The highest BCUT2D eigenvalue weighted by molar-refractivity contribution is 6.01. The van der Waals surface area contributed by atoms with E-state index in [0.29, 0.717) is 19.6 Å². The van der Waals surface area contributed by atoms with Gasteiger partial charge in [0, 0.05) is 50.7 Å². The largest absolute Gasteiger partial charge is 0.342 e. The summed E-state index contributed by atoms with van der Waals surface area (Å²) in [5.41, 5.74) is 3.16. The predicted octanol–water partition coefficient (Wildman–Crippen LogP) is 2.52. The van der Waals surface area contributed by atoms with Crippen LogP contribution in [0.15, 0.2) is 18.2 Å². The maximum atomic E-state index is 13.1. The molecule has 1 unspecified atom stereocenters. The van der Waals surface area contributed by atoms with Crippen LogP contribution in [0, 0.1) is 25.7 Å². The van der Waals surface area contributed by atoms with Crippen molar-refractivity contribution in [2.75, 3.05) is 37.6 Å². The van der Waals surface area contributed by atoms with Gasteiger partial charge in [-0.3, -0.25) is 14.4 Å². The molecule has 3 amide bonds. The molecule has 3 fully saturated rings. The average molecular weight is 398 g/mol. The van der Waals surface area contributed by atoms with E-state index in [2.05, 4.69) is 0 Å². The van der Waals surface area contributed by atoms with Gasteiger partial charge < -0.3 is 14.7 Å². The monoisotopic (exact) mass is 397 g/mol. The van der Waals surface area contributed by atoms with Gasteiger partial charge in [0.05, 0.1) is 5.92 Å². The number of nitrogens with zero attached hydrogens (tertiary/aromatic N) is 3. The Morgan fingerprint density at radius 3 is 2.21 bits per heavy atom. The Labute approximate surface area is 172 Å². The first-order chi connectivity index (χ1) is 14.0. The number of carbonyl (C=O) groups excluding carboxylic acids is 3. The fourth-order valence-electron chi connectivity index (χ4n) is 4.93. The van der Waals surface area contributed by atoms with Gasteiger partial charge in [0.2, 0.25) is 17.7 Å². The number of amides is 3. The van der Waals surface area contributed by atoms with Crippen LogP contribution in [0.2, 0.25) is 0 Å². The highest BCUT2D eigenvalue weighted by Crippen LogP contribution is 2.31. The summed E-state index contributed by atoms with van der Waals surface area (Å²) in [5.74, 6) is 0.128. The van der Waals surface area contributed by atoms with Gasteiger partial charge in [-0.1, -0.05) is 12.1 Å². The van der Waals surface area contributed by atoms with Crippen LogP contribution in [-0.4, -0.2) is 60.2 Å². The lowest BCUT2D eigenvalue weighted by Gasteiger charge is -2.34. The third-order valence-electron chi connectivity index (χ3n) is 6.91. The zero-order chi connectivity index (χ0) is 20.5. The molecule has 0 spiro atoms. The molecule has 0 aliphatic carbocycles. The van der Waals surface area contributed by atoms with Crippen molar-refractivity contribution in [2.24, 2.45) is 11.8 Å². The SMILES string of the molecule is Cc1cccc(N2CC(C(=O)N3CCC(C(=O)N4CCCC4)CC3)CC2=O)c1C. The van der Waals surface area contributed by atoms with Gasteiger partial charge in [-0.05, 0) is 56.7 Å². The minimum atomic E-state index is -0.284. The number of anilines is 1. The zero-order valence-corrected chi connectivity index (χ0v) is 17.5. The summed E-state index contributed by atoms with van der Waals surface area (Å²) in [4.78, 5) is 43.9. The summed E-state index contributed by atoms with van der Waals surface area (Å²) in [6.45, 7) is 7.53. The molecule has 1 aromatic carbocycles. The fourth-order valence-corrected chi connectivity index (χ4v) is 4.93. The van der Waals surface area contributed by atoms with Crippen molar-refractivity contribution in [1.29, 1.82) is 0 Å². The standard InChI is InChI=1S/C23H31N3O3/c1-16-6-5-7-20(17(16)2)26-15-19(14-21(26)27)23(29)25-12-8-18(9-13-25)22(28)24-10-3-4-11-24/h5-7,18-19H,3-4,8-15H2,1-2H3. The number of benzene rings is 1. The second-order valence-electron chi connectivity index (χ2n) is 8.76. The van der Waals surface area contributed by atoms with E-state index in [1.807, 2.05) is 41.8 Å². The Balaban J connectivity index is 1.35. The summed E-state index contributed by atoms with van der Waals surface area (Å²) in [6.07, 6.45) is 3.97. The first kappa shape index (κ1) is 19.9. The molecular weight excluding hydrogens is 366 g/mol. The van der Waals surface area contributed by atoms with Crippen molar-refractivity contribution in [3.8, 4) is 0 Å². The number of hydrogen-bond donors (Lipinski definition) is 0. The van der Waals surface area contributed by atoms with Crippen LogP contribution >= 0.6 is 0 Å². The van der Waals surface area contributed by atoms with E-state index in [0.717, 1.165) is 55.6 Å². The molecule has 6 nitrogen and oxygen atoms in total. The fraction of sp³-hybridized carbons (Fsp3) is 0.609. The lowest BCUT2D eigenvalue weighted by molar-refractivity contribution is -0.142. The lowest BCUT2D eigenvalue weighted by atomic mass is 9.94. The van der Waals surface area contributed by atoms with E-state index in [-0.39, 0.29) is 36.0 Å². The lowest BCUT2D eigenvalue weighted by Crippen LogP contribution is -2.46. The van der Waals surface area contributed by atoms with Crippen molar-refractivity contribution in [3.63, 3.8) is 0 Å². The summed E-state index contributed by atoms with van der Waals surface area (Å²) >= 11 is 0. The van der Waals surface area contributed by atoms with E-state index in [9.17, 15) is 14.4 Å². The molecule has 156 valence electrons. The van der Waals surface area contributed by atoms with Gasteiger partial charge in [0.25, 0.3) is 0 Å². The molecule has 0 bridgehead atoms. The average Bonchev–Trinajstić information content (AvgIpc) is 3.39. The first-order valence-electron chi connectivity index (χ1n) is 10.9. The smallest absolute Gasteiger partial charge is 0.228 e. The van der Waals surface area contributed by atoms with E-state index in [1.165, 1.54) is 0 Å². The molecule has 4 rings (SSSR count). The van der Waals surface area contributed by atoms with E-state index in [4.69, 9.17) is 0 Å². The molecule has 0 radical (unpaired) electrons. The van der Waals surface area contributed by atoms with E-state index in [1.54, 1.807) is 4.90 Å². The summed E-state index contributed by atoms with van der Waals surface area (Å²) in [7, 11) is 0. The van der Waals surface area contributed by atoms with Gasteiger partial charge in [-0.2, -0.15) is 0 Å². The van der Waals surface area contributed by atoms with Crippen LogP contribution in [0.25, 0.3) is 0 Å². The third-order valence-corrected chi connectivity index (χ3v) is 6.91. The Hall–Kier alpha value is -2.37. The molecule has 3 saturated heterocycles. The van der Waals surface area contributed by atoms with Crippen molar-refractivity contribution >= 4 is 23.4 Å². The van der Waals surface area contributed by atoms with Gasteiger partial charge in [0.1, 0.15) is 0 Å². The van der Waals surface area contributed by atoms with Crippen LogP contribution in [-0.2, 0) is 14.4 Å². The normalized spacial score (nSPS) is 23.2. The Morgan fingerprint density at radius 1 is 0.897 bits per heavy atom. The second kappa shape index (κ2) is 8.17. The summed E-state index contributed by atoms with van der Waals surface area (Å²) in [5, 5.41) is 0. The Bertz CT molecular complexity index is 808. The Morgan fingerprint density at radius 2 is 1.52 bits per heavy atom. The topological polar surface area (TPSA) is 60.9 Å². The van der Waals surface area contributed by atoms with Crippen molar-refractivity contribution in [2.45, 2.75) is 46.0 Å². The van der Waals surface area contributed by atoms with Crippen LogP contribution in [0.5, 0.6) is 0 Å². The molecule has 3 aliphatic rings. The Kier molecular flexibility index (Phi) is 5.61. The van der Waals surface area contributed by atoms with Crippen molar-refractivity contribution in [3.05, 3.63) is 29.3 Å². The zero-order valence-electron chi connectivity index (χ0n) is 17.5. The molecule has 0 saturated carbocycles. The third kappa shape index (κ3) is 3.89. The predicted molar refractivity (Wildman–Crippen MR) is 111 cm³/mol. The number of piperidine rings is 1. The maximum Gasteiger partial charge on any atom is 0.228 e. The molecule has 1 atom stereocenters. The minimum absolute atomic E-state index is 0.0242. The van der Waals surface area contributed by atoms with Crippen molar-refractivity contribution < 1.29 is 14.4 Å². The molecule has 6 heteroatoms. The van der Waals surface area contributed by atoms with Crippen LogP contribution in [0.3, 0.4) is 0 Å². The molecule has 3 heterocycles. The van der Waals surface area contributed by atoms with Gasteiger partial charge in [0.15, 0.2) is 0 Å². The maximum absolute atomic E-state index is 13.1. The van der Waals surface area contributed by atoms with Gasteiger partial charge in [-0.15, -0.1) is 0 Å². The number of likely N-dealkylation sites (tertiary alicyclic amines) is 2. The quantitative estimate of drug-likeness (QED) is 0.787. The highest BCUT2D eigenvalue weighted by atomic mass is 16.2. The van der Waals surface area contributed by atoms with Crippen LogP contribution < -0.4 is 4.90 Å². The molecule has 0 aromatic heterocycles. The van der Waals surface area contributed by atoms with Crippen molar-refractivity contribution in [1.82, 2.24) is 9.80 Å². The van der Waals surface area contributed by atoms with E-state index >= 15 is 0 Å². The minimum Gasteiger partial charge on any atom is -0.342 e. The number of hydrogen-bond acceptors (Lipinski definition) is 3. The number of rotatable bonds is 3.